The fourth-order valence-corrected chi connectivity index (χ4v) is 3.78. The molecule has 5 nitrogen and oxygen atoms in total. The summed E-state index contributed by atoms with van der Waals surface area (Å²) in [6.07, 6.45) is 5.61. The Morgan fingerprint density at radius 1 is 1.03 bits per heavy atom. The quantitative estimate of drug-likeness (QED) is 0.369. The molecule has 0 spiro atoms. The zero-order valence-corrected chi connectivity index (χ0v) is 19.2. The Kier molecular flexibility index (Phi) is 8.90. The number of aryl methyl sites for hydroxylation is 1. The van der Waals surface area contributed by atoms with Gasteiger partial charge in [0.2, 0.25) is 0 Å². The van der Waals surface area contributed by atoms with Crippen molar-refractivity contribution in [3.63, 3.8) is 0 Å². The molecule has 0 N–H and O–H groups in total. The maximum absolute atomic E-state index is 13.2. The van der Waals surface area contributed by atoms with Crippen LogP contribution in [0.5, 0.6) is 5.75 Å². The topological polar surface area (TPSA) is 63.7 Å². The van der Waals surface area contributed by atoms with Gasteiger partial charge in [0, 0.05) is 18.7 Å². The van der Waals surface area contributed by atoms with Gasteiger partial charge in [-0.3, -0.25) is 4.79 Å². The van der Waals surface area contributed by atoms with Crippen LogP contribution in [0.25, 0.3) is 0 Å². The van der Waals surface area contributed by atoms with Crippen LogP contribution in [-0.2, 0) is 23.1 Å². The molecule has 0 unspecified atom stereocenters. The van der Waals surface area contributed by atoms with E-state index in [4.69, 9.17) is 4.18 Å². The standard InChI is InChI=1S/C24H33NO4S/c1-5-6-7-9-20-12-14-22(15-13-20)24(26)25(17-19(2)3)18-21-10-8-11-23(16-21)29-30(4,27)28/h8,10-16,19H,5-7,9,17-18H2,1-4H3. The van der Waals surface area contributed by atoms with E-state index in [1.807, 2.05) is 30.3 Å². The van der Waals surface area contributed by atoms with Crippen molar-refractivity contribution in [3.8, 4) is 5.75 Å². The van der Waals surface area contributed by atoms with Crippen molar-refractivity contribution in [2.75, 3.05) is 12.8 Å². The lowest BCUT2D eigenvalue weighted by molar-refractivity contribution is 0.0722. The van der Waals surface area contributed by atoms with Crippen molar-refractivity contribution in [2.24, 2.45) is 5.92 Å². The molecule has 2 rings (SSSR count). The Morgan fingerprint density at radius 2 is 1.73 bits per heavy atom. The molecule has 2 aromatic carbocycles. The van der Waals surface area contributed by atoms with Gasteiger partial charge in [0.25, 0.3) is 5.91 Å². The van der Waals surface area contributed by atoms with Crippen LogP contribution in [0.2, 0.25) is 0 Å². The molecule has 30 heavy (non-hydrogen) atoms. The van der Waals surface area contributed by atoms with Gasteiger partial charge in [0.05, 0.1) is 6.26 Å². The molecule has 0 aliphatic carbocycles. The minimum Gasteiger partial charge on any atom is -0.383 e. The van der Waals surface area contributed by atoms with E-state index in [9.17, 15) is 13.2 Å². The number of benzene rings is 2. The second kappa shape index (κ2) is 11.2. The lowest BCUT2D eigenvalue weighted by Crippen LogP contribution is -2.33. The molecule has 2 aromatic rings. The molecule has 0 radical (unpaired) electrons. The van der Waals surface area contributed by atoms with Gasteiger partial charge in [0.1, 0.15) is 5.75 Å². The lowest BCUT2D eigenvalue weighted by atomic mass is 10.0. The summed E-state index contributed by atoms with van der Waals surface area (Å²) >= 11 is 0. The summed E-state index contributed by atoms with van der Waals surface area (Å²) in [5.41, 5.74) is 2.74. The van der Waals surface area contributed by atoms with Crippen LogP contribution in [0, 0.1) is 5.92 Å². The number of carbonyl (C=O) groups excluding carboxylic acids is 1. The van der Waals surface area contributed by atoms with E-state index in [-0.39, 0.29) is 11.7 Å². The first-order valence-corrected chi connectivity index (χ1v) is 12.4. The largest absolute Gasteiger partial charge is 0.383 e. The number of rotatable bonds is 11. The highest BCUT2D eigenvalue weighted by atomic mass is 32.2. The Labute approximate surface area is 181 Å². The van der Waals surface area contributed by atoms with Crippen molar-refractivity contribution >= 4 is 16.0 Å². The van der Waals surface area contributed by atoms with E-state index in [1.165, 1.54) is 18.4 Å². The molecule has 0 heterocycles. The molecular weight excluding hydrogens is 398 g/mol. The first-order valence-electron chi connectivity index (χ1n) is 10.5. The maximum Gasteiger partial charge on any atom is 0.306 e. The monoisotopic (exact) mass is 431 g/mol. The third-order valence-electron chi connectivity index (χ3n) is 4.66. The van der Waals surface area contributed by atoms with Gasteiger partial charge in [-0.25, -0.2) is 0 Å². The van der Waals surface area contributed by atoms with Crippen LogP contribution in [-0.4, -0.2) is 32.0 Å². The third kappa shape index (κ3) is 8.19. The van der Waals surface area contributed by atoms with Gasteiger partial charge >= 0.3 is 10.1 Å². The normalized spacial score (nSPS) is 11.5. The van der Waals surface area contributed by atoms with E-state index < -0.39 is 10.1 Å². The second-order valence-corrected chi connectivity index (χ2v) is 9.74. The number of carbonyl (C=O) groups is 1. The number of unbranched alkanes of at least 4 members (excludes halogenated alkanes) is 2. The summed E-state index contributed by atoms with van der Waals surface area (Å²) in [5.74, 6) is 0.527. The van der Waals surface area contributed by atoms with E-state index >= 15 is 0 Å². The molecule has 0 fully saturated rings. The Hall–Kier alpha value is -2.34. The average Bonchev–Trinajstić information content (AvgIpc) is 2.66. The van der Waals surface area contributed by atoms with Gasteiger partial charge in [0.15, 0.2) is 0 Å². The predicted molar refractivity (Wildman–Crippen MR) is 121 cm³/mol. The van der Waals surface area contributed by atoms with E-state index in [0.717, 1.165) is 24.7 Å². The summed E-state index contributed by atoms with van der Waals surface area (Å²) in [4.78, 5) is 15.0. The number of hydrogen-bond donors (Lipinski definition) is 0. The molecule has 1 amide bonds. The van der Waals surface area contributed by atoms with Crippen molar-refractivity contribution in [1.29, 1.82) is 0 Å². The van der Waals surface area contributed by atoms with Gasteiger partial charge in [-0.2, -0.15) is 8.42 Å². The fraction of sp³-hybridized carbons (Fsp3) is 0.458. The van der Waals surface area contributed by atoms with Gasteiger partial charge in [-0.15, -0.1) is 0 Å². The summed E-state index contributed by atoms with van der Waals surface area (Å²) in [6, 6.07) is 14.7. The molecule has 0 saturated heterocycles. The minimum absolute atomic E-state index is 0.0294. The van der Waals surface area contributed by atoms with Gasteiger partial charge in [-0.05, 0) is 54.2 Å². The van der Waals surface area contributed by atoms with Crippen molar-refractivity contribution in [3.05, 3.63) is 65.2 Å². The molecule has 0 atom stereocenters. The molecular formula is C24H33NO4S. The van der Waals surface area contributed by atoms with Crippen LogP contribution in [0.15, 0.2) is 48.5 Å². The molecule has 0 aromatic heterocycles. The molecule has 0 aliphatic rings. The third-order valence-corrected chi connectivity index (χ3v) is 5.16. The van der Waals surface area contributed by atoms with Gasteiger partial charge < -0.3 is 9.08 Å². The molecule has 0 bridgehead atoms. The van der Waals surface area contributed by atoms with Crippen LogP contribution >= 0.6 is 0 Å². The summed E-state index contributed by atoms with van der Waals surface area (Å²) in [7, 11) is -3.59. The molecule has 0 aliphatic heterocycles. The van der Waals surface area contributed by atoms with Crippen LogP contribution in [0.4, 0.5) is 0 Å². The van der Waals surface area contributed by atoms with E-state index in [1.54, 1.807) is 23.1 Å². The average molecular weight is 432 g/mol. The van der Waals surface area contributed by atoms with Crippen molar-refractivity contribution in [1.82, 2.24) is 4.90 Å². The summed E-state index contributed by atoms with van der Waals surface area (Å²) < 4.78 is 27.8. The SMILES string of the molecule is CCCCCc1ccc(C(=O)N(Cc2cccc(OS(C)(=O)=O)c2)CC(C)C)cc1. The van der Waals surface area contributed by atoms with Crippen LogP contribution < -0.4 is 4.18 Å². The first kappa shape index (κ1) is 23.9. The summed E-state index contributed by atoms with van der Waals surface area (Å²) in [5, 5.41) is 0. The zero-order chi connectivity index (χ0) is 22.1. The van der Waals surface area contributed by atoms with Crippen molar-refractivity contribution < 1.29 is 17.4 Å². The van der Waals surface area contributed by atoms with Crippen LogP contribution in [0.3, 0.4) is 0 Å². The van der Waals surface area contributed by atoms with E-state index in [2.05, 4.69) is 20.8 Å². The first-order chi connectivity index (χ1) is 14.2. The molecule has 6 heteroatoms. The lowest BCUT2D eigenvalue weighted by Gasteiger charge is -2.25. The van der Waals surface area contributed by atoms with Crippen molar-refractivity contribution in [2.45, 2.75) is 53.0 Å². The Balaban J connectivity index is 2.15. The Morgan fingerprint density at radius 3 is 2.33 bits per heavy atom. The highest BCUT2D eigenvalue weighted by Crippen LogP contribution is 2.19. The summed E-state index contributed by atoms with van der Waals surface area (Å²) in [6.45, 7) is 7.32. The molecule has 164 valence electrons. The highest BCUT2D eigenvalue weighted by Gasteiger charge is 2.18. The Bertz CT molecular complexity index is 920. The molecule has 0 saturated carbocycles. The number of hydrogen-bond acceptors (Lipinski definition) is 4. The highest BCUT2D eigenvalue weighted by molar-refractivity contribution is 7.86. The predicted octanol–water partition coefficient (Wildman–Crippen LogP) is 5.06. The smallest absolute Gasteiger partial charge is 0.306 e. The number of amides is 1. The zero-order valence-electron chi connectivity index (χ0n) is 18.4. The van der Waals surface area contributed by atoms with Crippen LogP contribution in [0.1, 0.15) is 61.5 Å². The number of nitrogens with zero attached hydrogens (tertiary/aromatic N) is 1. The second-order valence-electron chi connectivity index (χ2n) is 8.17. The minimum atomic E-state index is -3.59. The maximum atomic E-state index is 13.2. The van der Waals surface area contributed by atoms with Gasteiger partial charge in [-0.1, -0.05) is 57.9 Å². The van der Waals surface area contributed by atoms with E-state index in [0.29, 0.717) is 24.6 Å². The fourth-order valence-electron chi connectivity index (χ4n) is 3.33.